The molecule has 0 unspecified atom stereocenters. The monoisotopic (exact) mass is 156 g/mol. The van der Waals surface area contributed by atoms with E-state index in [1.54, 1.807) is 5.57 Å². The summed E-state index contributed by atoms with van der Waals surface area (Å²) in [5.41, 5.74) is 1.56. The van der Waals surface area contributed by atoms with Gasteiger partial charge in [-0.1, -0.05) is 24.5 Å². The minimum atomic E-state index is 0.972. The molecule has 0 saturated heterocycles. The zero-order chi connectivity index (χ0) is 7.23. The Morgan fingerprint density at radius 2 is 2.00 bits per heavy atom. The third-order valence-electron chi connectivity index (χ3n) is 2.09. The molecule has 0 aromatic rings. The zero-order valence-corrected chi connectivity index (χ0v) is 7.37. The Morgan fingerprint density at radius 3 is 2.80 bits per heavy atom. The minimum absolute atomic E-state index is 0.972. The molecule has 0 atom stereocenters. The first kappa shape index (κ1) is 8.19. The van der Waals surface area contributed by atoms with Crippen molar-refractivity contribution in [3.63, 3.8) is 0 Å². The molecular formula is C9H16S. The predicted molar refractivity (Wildman–Crippen MR) is 49.6 cm³/mol. The summed E-state index contributed by atoms with van der Waals surface area (Å²) < 4.78 is 0. The van der Waals surface area contributed by atoms with Crippen LogP contribution >= 0.6 is 12.6 Å². The molecule has 1 rings (SSSR count). The summed E-state index contributed by atoms with van der Waals surface area (Å²) in [4.78, 5) is 0. The molecule has 0 aromatic carbocycles. The molecule has 0 saturated carbocycles. The van der Waals surface area contributed by atoms with Gasteiger partial charge in [-0.25, -0.2) is 0 Å². The van der Waals surface area contributed by atoms with Crippen LogP contribution in [-0.2, 0) is 0 Å². The summed E-state index contributed by atoms with van der Waals surface area (Å²) in [7, 11) is 0. The van der Waals surface area contributed by atoms with Crippen molar-refractivity contribution in [2.45, 2.75) is 38.5 Å². The van der Waals surface area contributed by atoms with E-state index >= 15 is 0 Å². The fraction of sp³-hybridized carbons (Fsp3) is 0.778. The van der Waals surface area contributed by atoms with Crippen LogP contribution in [0.4, 0.5) is 0 Å². The normalized spacial score (nSPS) is 21.1. The van der Waals surface area contributed by atoms with E-state index in [0.29, 0.717) is 0 Å². The average molecular weight is 156 g/mol. The lowest BCUT2D eigenvalue weighted by Crippen LogP contribution is -1.90. The maximum Gasteiger partial charge on any atom is 0.0112 e. The van der Waals surface area contributed by atoms with Crippen LogP contribution in [0.5, 0.6) is 0 Å². The lowest BCUT2D eigenvalue weighted by atomic mass is 10.0. The summed E-state index contributed by atoms with van der Waals surface area (Å²) in [6.45, 7) is 0. The second-order valence-electron chi connectivity index (χ2n) is 2.97. The molecule has 0 aromatic heterocycles. The number of allylic oxidation sites excluding steroid dienone is 1. The van der Waals surface area contributed by atoms with Crippen molar-refractivity contribution in [2.24, 2.45) is 0 Å². The molecule has 10 heavy (non-hydrogen) atoms. The topological polar surface area (TPSA) is 0 Å². The summed E-state index contributed by atoms with van der Waals surface area (Å²) in [6.07, 6.45) is 10.6. The third-order valence-corrected chi connectivity index (χ3v) is 2.49. The average Bonchev–Trinajstić information content (AvgIpc) is 1.87. The molecule has 0 amide bonds. The van der Waals surface area contributed by atoms with Crippen LogP contribution in [0.2, 0.25) is 0 Å². The Morgan fingerprint density at radius 1 is 1.20 bits per heavy atom. The van der Waals surface area contributed by atoms with Gasteiger partial charge in [0.2, 0.25) is 0 Å². The van der Waals surface area contributed by atoms with Gasteiger partial charge in [-0.3, -0.25) is 0 Å². The van der Waals surface area contributed by atoms with E-state index in [4.69, 9.17) is 0 Å². The summed E-state index contributed by atoms with van der Waals surface area (Å²) in [5.74, 6) is 0.972. The van der Waals surface area contributed by atoms with Crippen LogP contribution in [0.1, 0.15) is 38.5 Å². The van der Waals surface area contributed by atoms with Gasteiger partial charge in [-0.05, 0) is 25.7 Å². The Labute approximate surface area is 69.1 Å². The lowest BCUT2D eigenvalue weighted by Gasteiger charge is -2.07. The molecule has 0 N–H and O–H groups in total. The number of hydrogen-bond donors (Lipinski definition) is 1. The molecular weight excluding hydrogens is 140 g/mol. The van der Waals surface area contributed by atoms with Crippen LogP contribution in [-0.4, -0.2) is 5.75 Å². The Kier molecular flexibility index (Phi) is 3.96. The van der Waals surface area contributed by atoms with Crippen LogP contribution in [0.25, 0.3) is 0 Å². The highest BCUT2D eigenvalue weighted by Gasteiger charge is 1.98. The van der Waals surface area contributed by atoms with Crippen molar-refractivity contribution in [3.05, 3.63) is 11.6 Å². The second-order valence-corrected chi connectivity index (χ2v) is 3.29. The highest BCUT2D eigenvalue weighted by Crippen LogP contribution is 2.17. The van der Waals surface area contributed by atoms with Crippen LogP contribution in [0.15, 0.2) is 11.6 Å². The van der Waals surface area contributed by atoms with Gasteiger partial charge in [0.25, 0.3) is 0 Å². The Hall–Kier alpha value is 0.0900. The van der Waals surface area contributed by atoms with Gasteiger partial charge in [0, 0.05) is 5.75 Å². The first-order chi connectivity index (χ1) is 4.93. The molecule has 0 spiro atoms. The van der Waals surface area contributed by atoms with Gasteiger partial charge in [0.15, 0.2) is 0 Å². The molecule has 1 aliphatic carbocycles. The SMILES string of the molecule is SCC1=CCCCCCC1. The maximum atomic E-state index is 4.28. The van der Waals surface area contributed by atoms with E-state index in [9.17, 15) is 0 Å². The van der Waals surface area contributed by atoms with Crippen molar-refractivity contribution in [1.29, 1.82) is 0 Å². The van der Waals surface area contributed by atoms with E-state index < -0.39 is 0 Å². The van der Waals surface area contributed by atoms with Crippen LogP contribution in [0.3, 0.4) is 0 Å². The summed E-state index contributed by atoms with van der Waals surface area (Å²) in [6, 6.07) is 0. The number of thiol groups is 1. The van der Waals surface area contributed by atoms with E-state index in [0.717, 1.165) is 5.75 Å². The molecule has 0 bridgehead atoms. The van der Waals surface area contributed by atoms with E-state index in [2.05, 4.69) is 18.7 Å². The standard InChI is InChI=1S/C9H16S/c10-8-9-6-4-2-1-3-5-7-9/h6,10H,1-5,7-8H2. The molecule has 0 radical (unpaired) electrons. The van der Waals surface area contributed by atoms with Crippen molar-refractivity contribution in [3.8, 4) is 0 Å². The van der Waals surface area contributed by atoms with E-state index in [-0.39, 0.29) is 0 Å². The van der Waals surface area contributed by atoms with Gasteiger partial charge in [-0.15, -0.1) is 0 Å². The van der Waals surface area contributed by atoms with Crippen molar-refractivity contribution < 1.29 is 0 Å². The lowest BCUT2D eigenvalue weighted by molar-refractivity contribution is 0.626. The highest BCUT2D eigenvalue weighted by molar-refractivity contribution is 7.80. The van der Waals surface area contributed by atoms with Gasteiger partial charge < -0.3 is 0 Å². The quantitative estimate of drug-likeness (QED) is 0.437. The maximum absolute atomic E-state index is 4.28. The van der Waals surface area contributed by atoms with Gasteiger partial charge in [0.1, 0.15) is 0 Å². The van der Waals surface area contributed by atoms with Crippen molar-refractivity contribution in [2.75, 3.05) is 5.75 Å². The van der Waals surface area contributed by atoms with E-state index in [1.807, 2.05) is 0 Å². The summed E-state index contributed by atoms with van der Waals surface area (Å²) in [5, 5.41) is 0. The molecule has 1 heteroatoms. The third kappa shape index (κ3) is 2.78. The molecule has 0 fully saturated rings. The highest BCUT2D eigenvalue weighted by atomic mass is 32.1. The molecule has 1 aliphatic rings. The molecule has 0 nitrogen and oxygen atoms in total. The molecule has 0 heterocycles. The fourth-order valence-electron chi connectivity index (χ4n) is 1.40. The minimum Gasteiger partial charge on any atom is -0.175 e. The van der Waals surface area contributed by atoms with Gasteiger partial charge >= 0.3 is 0 Å². The zero-order valence-electron chi connectivity index (χ0n) is 6.47. The number of rotatable bonds is 1. The first-order valence-electron chi connectivity index (χ1n) is 4.22. The van der Waals surface area contributed by atoms with Gasteiger partial charge in [-0.2, -0.15) is 12.6 Å². The fourth-order valence-corrected chi connectivity index (χ4v) is 1.69. The van der Waals surface area contributed by atoms with Crippen LogP contribution in [0, 0.1) is 0 Å². The largest absolute Gasteiger partial charge is 0.175 e. The van der Waals surface area contributed by atoms with Gasteiger partial charge in [0.05, 0.1) is 0 Å². The van der Waals surface area contributed by atoms with E-state index in [1.165, 1.54) is 38.5 Å². The molecule has 0 aliphatic heterocycles. The predicted octanol–water partition coefficient (Wildman–Crippen LogP) is 3.20. The Bertz CT molecular complexity index is 116. The second kappa shape index (κ2) is 4.84. The Balaban J connectivity index is 2.35. The smallest absolute Gasteiger partial charge is 0.0112 e. The van der Waals surface area contributed by atoms with Crippen molar-refractivity contribution >= 4 is 12.6 Å². The summed E-state index contributed by atoms with van der Waals surface area (Å²) >= 11 is 4.28. The van der Waals surface area contributed by atoms with Crippen molar-refractivity contribution in [1.82, 2.24) is 0 Å². The molecule has 58 valence electrons. The van der Waals surface area contributed by atoms with Crippen LogP contribution < -0.4 is 0 Å². The first-order valence-corrected chi connectivity index (χ1v) is 4.85. The number of hydrogen-bond acceptors (Lipinski definition) is 1.